The smallest absolute Gasteiger partial charge is 0.137 e. The summed E-state index contributed by atoms with van der Waals surface area (Å²) in [6.07, 6.45) is 38.0. The fraction of sp³-hybridized carbons (Fsp3) is 0.615. The van der Waals surface area contributed by atoms with Crippen molar-refractivity contribution in [3.05, 3.63) is 209 Å². The third-order valence-corrected chi connectivity index (χ3v) is 39.7. The van der Waals surface area contributed by atoms with Gasteiger partial charge in [-0.25, -0.2) is 22.0 Å². The summed E-state index contributed by atoms with van der Waals surface area (Å²) in [7, 11) is 0. The van der Waals surface area contributed by atoms with E-state index in [1.165, 1.54) is 71.0 Å². The minimum atomic E-state index is -0.200. The zero-order valence-corrected chi connectivity index (χ0v) is 92.3. The highest BCUT2D eigenvalue weighted by molar-refractivity contribution is 5.89. The van der Waals surface area contributed by atoms with Crippen LogP contribution in [-0.4, -0.2) is 53.8 Å². The van der Waals surface area contributed by atoms with Gasteiger partial charge in [-0.15, -0.1) is 0 Å². The number of benzene rings is 5. The molecule has 11 fully saturated rings. The second-order valence-corrected chi connectivity index (χ2v) is 57.6. The van der Waals surface area contributed by atoms with Crippen molar-refractivity contribution in [1.29, 1.82) is 0 Å². The molecule has 0 N–H and O–H groups in total. The number of nitrogens with zero attached hydrogens (tertiary/aromatic N) is 5. The van der Waals surface area contributed by atoms with Crippen LogP contribution in [0.25, 0.3) is 54.5 Å². The molecule has 0 radical (unpaired) electrons. The highest BCUT2D eigenvalue weighted by Gasteiger charge is 2.72. The Balaban J connectivity index is 0.000000124. The first-order valence-corrected chi connectivity index (χ1v) is 55.3. The Bertz CT molecular complexity index is 6320. The summed E-state index contributed by atoms with van der Waals surface area (Å²) in [5.41, 5.74) is 13.3. The average molecular weight is 1980 g/mol. The molecule has 5 aromatic heterocycles. The minimum absolute atomic E-state index is 0.0520. The number of rotatable bonds is 18. The molecule has 20 atom stereocenters. The van der Waals surface area contributed by atoms with Crippen LogP contribution in [-0.2, 0) is 24.0 Å². The van der Waals surface area contributed by atoms with Gasteiger partial charge in [-0.1, -0.05) is 173 Å². The van der Waals surface area contributed by atoms with E-state index >= 15 is 0 Å². The number of carbonyl (C=O) groups excluding carboxylic acids is 5. The van der Waals surface area contributed by atoms with Gasteiger partial charge >= 0.3 is 0 Å². The van der Waals surface area contributed by atoms with E-state index in [1.54, 1.807) is 60.7 Å². The standard InChI is InChI=1S/C27H34FNO.2C27H36FNO.C26H34FNO.C23H28FNO/c1-24(2,3)14-23(30)21-13-27(21)15-25(4)11-17(12-26(25,5)16-27)19-8-9-29-22-7-6-18(28)10-20(19)22;2*1-17(24(30)16-25(2,3)4)18-12-26(5)14-19(15-27(26,6)13-18)21-9-10-29-23-8-7-20(28)11-22(21)23;1-24(2,3)16-20(29)10-17-12-25(4)14-18(15-26(25,5)13-17)21-8-9-28-23-7-6-19(27)11-22(21)23;1-22(2,3)14-21(26)19-13-23(19)9-6-15(7-10-23)17-8-11-25-20-5-4-16(24)12-18(17)20/h6-10,17,21H,11-16H2,1-5H3;2*7-11,17-19H,12-16H2,1-6H3;6-9,11,17-18H,10,12-16H2,1-5H3;4-5,8,11-12,15,19H,6-7,9-10,13-14H2,1-3H3/t17?,21?,25-,26+,27?;2*17?,18?,19?,26-,27+;17?,18?,25-,26+;. The number of hydrogen-bond acceptors (Lipinski definition) is 10. The van der Waals surface area contributed by atoms with Gasteiger partial charge in [0.1, 0.15) is 58.0 Å². The molecular formula is C130H168F5N5O5. The number of pyridine rings is 5. The van der Waals surface area contributed by atoms with Crippen LogP contribution in [0.4, 0.5) is 22.0 Å². The van der Waals surface area contributed by atoms with Crippen molar-refractivity contribution in [3.8, 4) is 0 Å². The number of fused-ring (bicyclic) bond motifs is 9. The number of halogens is 5. The van der Waals surface area contributed by atoms with E-state index in [1.807, 2.05) is 31.0 Å². The molecule has 0 saturated heterocycles. The molecular weight excluding hydrogens is 1810 g/mol. The van der Waals surface area contributed by atoms with E-state index in [4.69, 9.17) is 0 Å². The van der Waals surface area contributed by atoms with E-state index in [0.717, 1.165) is 189 Å². The molecule has 2 spiro atoms. The topological polar surface area (TPSA) is 150 Å². The molecule has 145 heavy (non-hydrogen) atoms. The summed E-state index contributed by atoms with van der Waals surface area (Å²) >= 11 is 0. The van der Waals surface area contributed by atoms with E-state index in [2.05, 4.69) is 228 Å². The van der Waals surface area contributed by atoms with Gasteiger partial charge in [-0.2, -0.15) is 0 Å². The predicted octanol–water partition coefficient (Wildman–Crippen LogP) is 34.8. The van der Waals surface area contributed by atoms with Crippen molar-refractivity contribution in [3.63, 3.8) is 0 Å². The molecule has 5 heterocycles. The number of aromatic nitrogens is 5. The Hall–Kier alpha value is -8.85. The fourth-order valence-corrected chi connectivity index (χ4v) is 32.0. The summed E-state index contributed by atoms with van der Waals surface area (Å²) in [6.45, 7) is 56.0. The predicted molar refractivity (Wildman–Crippen MR) is 579 cm³/mol. The van der Waals surface area contributed by atoms with Crippen molar-refractivity contribution in [2.24, 2.45) is 123 Å². The minimum Gasteiger partial charge on any atom is -0.300 e. The quantitative estimate of drug-likeness (QED) is 0.0760. The Morgan fingerprint density at radius 2 is 0.538 bits per heavy atom. The molecule has 12 unspecified atom stereocenters. The molecule has 11 saturated carbocycles. The van der Waals surface area contributed by atoms with Gasteiger partial charge in [0.15, 0.2) is 0 Å². The maximum atomic E-state index is 14.0. The zero-order valence-electron chi connectivity index (χ0n) is 92.3. The van der Waals surface area contributed by atoms with Crippen LogP contribution in [0.5, 0.6) is 0 Å². The van der Waals surface area contributed by atoms with Gasteiger partial charge in [-0.3, -0.25) is 48.9 Å². The summed E-state index contributed by atoms with van der Waals surface area (Å²) in [4.78, 5) is 86.0. The molecule has 10 aromatic rings. The SMILES string of the molecule is CC(C(=O)CC(C)(C)C)C1C[C@]2(C)CC(c3ccnc4ccc(F)cc34)C[C@]2(C)C1.CC(C(=O)CC(C)(C)C)C1C[C@]2(C)CC(c3ccnc4ccc(F)cc34)C[C@]2(C)C1.CC(C)(C)CC(=O)C1CC12CCC(c1ccnc3ccc(F)cc13)CC2.CC(C)(C)CC(=O)C1CC12C[C@]1(C)CC(c3ccnc4ccc(F)cc34)C[C@]1(C)C2.CC(C)(C)CC(=O)CC1C[C@@]2(C)CC(c3ccnc4ccc(F)cc34)C[C@@]2(C)C1. The van der Waals surface area contributed by atoms with Crippen LogP contribution in [0.15, 0.2) is 152 Å². The number of Topliss-reactive ketones (excluding diaryl/α,β-unsaturated/α-hetero) is 5. The van der Waals surface area contributed by atoms with E-state index in [-0.39, 0.29) is 134 Å². The van der Waals surface area contributed by atoms with Crippen molar-refractivity contribution >= 4 is 83.4 Å². The maximum absolute atomic E-state index is 14.0. The van der Waals surface area contributed by atoms with Crippen molar-refractivity contribution in [2.75, 3.05) is 0 Å². The number of carbonyl (C=O) groups is 5. The lowest BCUT2D eigenvalue weighted by atomic mass is 9.71. The van der Waals surface area contributed by atoms with E-state index in [0.29, 0.717) is 108 Å². The molecule has 0 amide bonds. The highest BCUT2D eigenvalue weighted by atomic mass is 19.1. The third-order valence-electron chi connectivity index (χ3n) is 39.7. The monoisotopic (exact) mass is 1970 g/mol. The van der Waals surface area contributed by atoms with Gasteiger partial charge in [0.05, 0.1) is 27.6 Å². The normalized spacial score (nSPS) is 32.7. The molecule has 0 aliphatic heterocycles. The summed E-state index contributed by atoms with van der Waals surface area (Å²) < 4.78 is 69.5. The number of ketones is 5. The van der Waals surface area contributed by atoms with Crippen LogP contribution in [0.3, 0.4) is 0 Å². The molecule has 778 valence electrons. The third kappa shape index (κ3) is 22.4. The van der Waals surface area contributed by atoms with Gasteiger partial charge in [0, 0.05) is 120 Å². The molecule has 11 aliphatic rings. The molecule has 0 bridgehead atoms. The summed E-state index contributed by atoms with van der Waals surface area (Å²) in [5.74, 6) is 5.71. The van der Waals surface area contributed by atoms with Crippen LogP contribution in [0.2, 0.25) is 0 Å². The lowest BCUT2D eigenvalue weighted by Crippen LogP contribution is -2.25. The Morgan fingerprint density at radius 1 is 0.297 bits per heavy atom. The molecule has 15 heteroatoms. The van der Waals surface area contributed by atoms with Gasteiger partial charge in [-0.05, 0) is 419 Å². The summed E-state index contributed by atoms with van der Waals surface area (Å²) in [5, 5.41) is 4.79. The molecule has 10 nitrogen and oxygen atoms in total. The Kier molecular flexibility index (Phi) is 28.8. The first-order valence-electron chi connectivity index (χ1n) is 55.3. The Labute approximate surface area is 863 Å². The van der Waals surface area contributed by atoms with E-state index in [9.17, 15) is 45.9 Å². The second kappa shape index (κ2) is 38.9. The maximum Gasteiger partial charge on any atom is 0.137 e. The number of hydrogen-bond donors (Lipinski definition) is 0. The second-order valence-electron chi connectivity index (χ2n) is 57.6. The first kappa shape index (κ1) is 107. The first-order chi connectivity index (χ1) is 67.5. The average Bonchev–Trinajstić information content (AvgIpc) is 1.50. The van der Waals surface area contributed by atoms with E-state index < -0.39 is 0 Å². The highest BCUT2D eigenvalue weighted by Crippen LogP contribution is 2.80. The van der Waals surface area contributed by atoms with Crippen LogP contribution in [0, 0.1) is 152 Å². The summed E-state index contributed by atoms with van der Waals surface area (Å²) in [6, 6.07) is 35.0. The van der Waals surface area contributed by atoms with Gasteiger partial charge in [0.2, 0.25) is 0 Å². The Morgan fingerprint density at radius 3 is 0.807 bits per heavy atom. The van der Waals surface area contributed by atoms with Gasteiger partial charge in [0.25, 0.3) is 0 Å². The fourth-order valence-electron chi connectivity index (χ4n) is 32.0. The van der Waals surface area contributed by atoms with Crippen LogP contribution < -0.4 is 0 Å². The lowest BCUT2D eigenvalue weighted by molar-refractivity contribution is -0.126. The van der Waals surface area contributed by atoms with Crippen molar-refractivity contribution in [1.82, 2.24) is 24.9 Å². The van der Waals surface area contributed by atoms with Crippen molar-refractivity contribution in [2.45, 2.75) is 382 Å². The van der Waals surface area contributed by atoms with Crippen molar-refractivity contribution < 1.29 is 45.9 Å². The van der Waals surface area contributed by atoms with Crippen LogP contribution >= 0.6 is 0 Å². The molecule has 5 aromatic carbocycles. The largest absolute Gasteiger partial charge is 0.300 e. The molecule has 11 aliphatic carbocycles. The lowest BCUT2D eigenvalue weighted by Gasteiger charge is -2.34. The zero-order chi connectivity index (χ0) is 105. The van der Waals surface area contributed by atoms with Gasteiger partial charge < -0.3 is 0 Å². The molecule has 21 rings (SSSR count). The van der Waals surface area contributed by atoms with Crippen LogP contribution in [0.1, 0.15) is 410 Å².